The molecule has 6 heteroatoms. The van der Waals surface area contributed by atoms with Crippen molar-refractivity contribution >= 4 is 39.3 Å². The van der Waals surface area contributed by atoms with Crippen molar-refractivity contribution in [2.75, 3.05) is 0 Å². The van der Waals surface area contributed by atoms with Gasteiger partial charge in [-0.05, 0) is 57.4 Å². The SMILES string of the molecule is S=S(=S)(Sc1ccccn1)c1ccccn1. The molecule has 0 amide bonds. The van der Waals surface area contributed by atoms with Crippen LogP contribution in [0.25, 0.3) is 0 Å². The van der Waals surface area contributed by atoms with Gasteiger partial charge in [-0.25, -0.2) is 9.97 Å². The molecule has 82 valence electrons. The van der Waals surface area contributed by atoms with Crippen molar-refractivity contribution in [3.05, 3.63) is 48.8 Å². The first kappa shape index (κ1) is 11.9. The van der Waals surface area contributed by atoms with Crippen LogP contribution < -0.4 is 0 Å². The van der Waals surface area contributed by atoms with Crippen molar-refractivity contribution in [3.8, 4) is 0 Å². The second-order valence-corrected chi connectivity index (χ2v) is 11.7. The summed E-state index contributed by atoms with van der Waals surface area (Å²) in [5.41, 5.74) is 0. The van der Waals surface area contributed by atoms with E-state index < -0.39 is 6.18 Å². The van der Waals surface area contributed by atoms with Crippen LogP contribution in [0.4, 0.5) is 0 Å². The first-order valence-electron chi connectivity index (χ1n) is 4.45. The average molecular weight is 284 g/mol. The number of hydrogen-bond donors (Lipinski definition) is 0. The van der Waals surface area contributed by atoms with Gasteiger partial charge in [-0.2, -0.15) is 0 Å². The van der Waals surface area contributed by atoms with E-state index in [1.165, 1.54) is 10.8 Å². The van der Waals surface area contributed by atoms with E-state index in [2.05, 4.69) is 9.97 Å². The van der Waals surface area contributed by atoms with Crippen LogP contribution in [0, 0.1) is 0 Å². The molecule has 2 rings (SSSR count). The van der Waals surface area contributed by atoms with Crippen molar-refractivity contribution < 1.29 is 0 Å². The highest BCUT2D eigenvalue weighted by molar-refractivity contribution is 8.97. The van der Waals surface area contributed by atoms with Gasteiger partial charge in [-0.3, -0.25) is 0 Å². The normalized spacial score (nSPS) is 11.2. The zero-order valence-electron chi connectivity index (χ0n) is 8.15. The van der Waals surface area contributed by atoms with Crippen molar-refractivity contribution in [1.82, 2.24) is 9.97 Å². The summed E-state index contributed by atoms with van der Waals surface area (Å²) in [6, 6.07) is 11.3. The molecular weight excluding hydrogens is 276 g/mol. The third kappa shape index (κ3) is 2.98. The highest BCUT2D eigenvalue weighted by atomic mass is 33.5. The maximum Gasteiger partial charge on any atom is 0.114 e. The van der Waals surface area contributed by atoms with Crippen LogP contribution in [0.3, 0.4) is 0 Å². The Morgan fingerprint density at radius 3 is 2.19 bits per heavy atom. The first-order valence-corrected chi connectivity index (χ1v) is 9.27. The van der Waals surface area contributed by atoms with Crippen LogP contribution in [-0.2, 0) is 28.6 Å². The smallest absolute Gasteiger partial charge is 0.114 e. The van der Waals surface area contributed by atoms with Gasteiger partial charge in [0.05, 0.1) is 0 Å². The van der Waals surface area contributed by atoms with Gasteiger partial charge < -0.3 is 0 Å². The largest absolute Gasteiger partial charge is 0.249 e. The van der Waals surface area contributed by atoms with Gasteiger partial charge in [0.1, 0.15) is 10.1 Å². The van der Waals surface area contributed by atoms with Crippen molar-refractivity contribution in [3.63, 3.8) is 0 Å². The van der Waals surface area contributed by atoms with Crippen LogP contribution in [0.2, 0.25) is 0 Å². The standard InChI is InChI=1S/C10H8N2S4/c13-16(14,10-6-2-4-8-12-10)15-9-5-1-3-7-11-9/h1-8H. The fraction of sp³-hybridized carbons (Fsp3) is 0. The Bertz CT molecular complexity index is 552. The number of aromatic nitrogens is 2. The van der Waals surface area contributed by atoms with E-state index in [0.29, 0.717) is 0 Å². The summed E-state index contributed by atoms with van der Waals surface area (Å²) in [6.45, 7) is 0. The lowest BCUT2D eigenvalue weighted by Crippen LogP contribution is -1.95. The summed E-state index contributed by atoms with van der Waals surface area (Å²) < 4.78 is 0. The molecule has 16 heavy (non-hydrogen) atoms. The molecule has 0 atom stereocenters. The van der Waals surface area contributed by atoms with Crippen LogP contribution in [0.1, 0.15) is 0 Å². The van der Waals surface area contributed by atoms with Gasteiger partial charge in [0.15, 0.2) is 0 Å². The van der Waals surface area contributed by atoms with E-state index >= 15 is 0 Å². The van der Waals surface area contributed by atoms with Crippen LogP contribution in [0.5, 0.6) is 0 Å². The van der Waals surface area contributed by atoms with Gasteiger partial charge >= 0.3 is 0 Å². The Morgan fingerprint density at radius 2 is 1.62 bits per heavy atom. The van der Waals surface area contributed by atoms with Gasteiger partial charge in [0.25, 0.3) is 0 Å². The molecule has 0 N–H and O–H groups in total. The molecule has 2 nitrogen and oxygen atoms in total. The molecule has 0 fully saturated rings. The van der Waals surface area contributed by atoms with E-state index in [1.54, 1.807) is 12.4 Å². The summed E-state index contributed by atoms with van der Waals surface area (Å²) in [4.78, 5) is 8.44. The molecule has 0 spiro atoms. The van der Waals surface area contributed by atoms with Gasteiger partial charge in [-0.1, -0.05) is 12.1 Å². The van der Waals surface area contributed by atoms with Crippen LogP contribution in [0.15, 0.2) is 58.8 Å². The second kappa shape index (κ2) is 5.18. The highest BCUT2D eigenvalue weighted by Crippen LogP contribution is 2.28. The maximum atomic E-state index is 5.45. The molecule has 2 aromatic rings. The molecule has 0 aliphatic carbocycles. The average Bonchev–Trinajstić information content (AvgIpc) is 2.31. The van der Waals surface area contributed by atoms with Gasteiger partial charge in [0, 0.05) is 18.6 Å². The van der Waals surface area contributed by atoms with Crippen molar-refractivity contribution in [1.29, 1.82) is 0 Å². The lowest BCUT2D eigenvalue weighted by molar-refractivity contribution is 1.13. The summed E-state index contributed by atoms with van der Waals surface area (Å²) in [7, 11) is 1.44. The Labute approximate surface area is 108 Å². The third-order valence-electron chi connectivity index (χ3n) is 1.73. The predicted octanol–water partition coefficient (Wildman–Crippen LogP) is 2.62. The van der Waals surface area contributed by atoms with Crippen molar-refractivity contribution in [2.24, 2.45) is 0 Å². The van der Waals surface area contributed by atoms with Gasteiger partial charge in [-0.15, -0.1) is 0 Å². The molecule has 0 aliphatic heterocycles. The topological polar surface area (TPSA) is 25.8 Å². The Kier molecular flexibility index (Phi) is 3.86. The molecule has 0 saturated heterocycles. The summed E-state index contributed by atoms with van der Waals surface area (Å²) in [5, 5.41) is 1.64. The first-order chi connectivity index (χ1) is 7.68. The van der Waals surface area contributed by atoms with E-state index in [1.807, 2.05) is 36.4 Å². The summed E-state index contributed by atoms with van der Waals surface area (Å²) in [5.74, 6) is 0. The van der Waals surface area contributed by atoms with Crippen LogP contribution >= 0.6 is 10.8 Å². The van der Waals surface area contributed by atoms with E-state index in [0.717, 1.165) is 10.1 Å². The Morgan fingerprint density at radius 1 is 0.938 bits per heavy atom. The molecule has 0 aromatic carbocycles. The highest BCUT2D eigenvalue weighted by Gasteiger charge is 2.09. The zero-order valence-corrected chi connectivity index (χ0v) is 11.4. The molecule has 0 aliphatic rings. The second-order valence-electron chi connectivity index (χ2n) is 2.87. The van der Waals surface area contributed by atoms with Gasteiger partial charge in [0.2, 0.25) is 0 Å². The Balaban J connectivity index is 2.29. The molecule has 0 unspecified atom stereocenters. The van der Waals surface area contributed by atoms with Crippen LogP contribution in [-0.4, -0.2) is 9.97 Å². The number of pyridine rings is 2. The molecular formula is C10H8N2S4. The minimum absolute atomic E-state index is 0.788. The molecule has 2 heterocycles. The minimum atomic E-state index is -1.80. The number of nitrogens with zero attached hydrogens (tertiary/aromatic N) is 2. The lowest BCUT2D eigenvalue weighted by Gasteiger charge is -2.07. The van der Waals surface area contributed by atoms with E-state index in [-0.39, 0.29) is 0 Å². The van der Waals surface area contributed by atoms with E-state index in [9.17, 15) is 0 Å². The monoisotopic (exact) mass is 284 g/mol. The number of rotatable bonds is 3. The molecule has 0 radical (unpaired) electrons. The van der Waals surface area contributed by atoms with E-state index in [4.69, 9.17) is 22.4 Å². The maximum absolute atomic E-state index is 5.45. The summed E-state index contributed by atoms with van der Waals surface area (Å²) >= 11 is 10.9. The zero-order chi connectivity index (χ0) is 11.4. The fourth-order valence-corrected chi connectivity index (χ4v) is 5.40. The fourth-order valence-electron chi connectivity index (χ4n) is 1.05. The summed E-state index contributed by atoms with van der Waals surface area (Å²) in [6.07, 6.45) is 1.65. The molecule has 0 bridgehead atoms. The Hall–Kier alpha value is -0.560. The number of hydrogen-bond acceptors (Lipinski definition) is 5. The lowest BCUT2D eigenvalue weighted by atomic mass is 10.5. The van der Waals surface area contributed by atoms with Crippen molar-refractivity contribution in [2.45, 2.75) is 10.1 Å². The third-order valence-corrected chi connectivity index (χ3v) is 7.04. The minimum Gasteiger partial charge on any atom is -0.249 e. The quantitative estimate of drug-likeness (QED) is 0.807. The molecule has 2 aromatic heterocycles. The predicted molar refractivity (Wildman–Crippen MR) is 74.7 cm³/mol. The molecule has 0 saturated carbocycles.